The number of aromatic amines is 1. The van der Waals surface area contributed by atoms with E-state index < -0.39 is 5.56 Å². The zero-order valence-electron chi connectivity index (χ0n) is 12.3. The molecule has 0 atom stereocenters. The van der Waals surface area contributed by atoms with Crippen LogP contribution in [0.25, 0.3) is 12.2 Å². The molecule has 1 aromatic carbocycles. The SMILES string of the molecule is C/C=c1\[nH]c(=O)/c(=C\c2ccc(O)c(C)c2)c(=O)n1CC. The fourth-order valence-electron chi connectivity index (χ4n) is 2.21. The number of aryl methyl sites for hydroxylation is 1. The second kappa shape index (κ2) is 5.83. The third-order valence-electron chi connectivity index (χ3n) is 3.37. The highest BCUT2D eigenvalue weighted by atomic mass is 16.3. The van der Waals surface area contributed by atoms with Gasteiger partial charge in [0, 0.05) is 6.54 Å². The van der Waals surface area contributed by atoms with Gasteiger partial charge < -0.3 is 10.1 Å². The molecule has 2 N–H and O–H groups in total. The van der Waals surface area contributed by atoms with E-state index in [2.05, 4.69) is 4.98 Å². The molecule has 5 heteroatoms. The molecule has 2 aromatic rings. The summed E-state index contributed by atoms with van der Waals surface area (Å²) in [5, 5.41) is 9.61. The van der Waals surface area contributed by atoms with Crippen LogP contribution < -0.4 is 21.8 Å². The summed E-state index contributed by atoms with van der Waals surface area (Å²) in [6, 6.07) is 4.93. The number of aromatic nitrogens is 2. The van der Waals surface area contributed by atoms with Gasteiger partial charge in [-0.15, -0.1) is 0 Å². The number of nitrogens with one attached hydrogen (secondary N) is 1. The summed E-state index contributed by atoms with van der Waals surface area (Å²) in [7, 11) is 0. The van der Waals surface area contributed by atoms with Crippen LogP contribution in [0.2, 0.25) is 0 Å². The molecular formula is C16H18N2O3. The van der Waals surface area contributed by atoms with E-state index in [-0.39, 0.29) is 16.5 Å². The zero-order valence-corrected chi connectivity index (χ0v) is 12.3. The van der Waals surface area contributed by atoms with E-state index in [1.807, 2.05) is 6.92 Å². The molecule has 0 saturated carbocycles. The minimum absolute atomic E-state index is 0.0903. The van der Waals surface area contributed by atoms with E-state index in [1.54, 1.807) is 44.2 Å². The highest BCUT2D eigenvalue weighted by Crippen LogP contribution is 2.16. The van der Waals surface area contributed by atoms with E-state index in [9.17, 15) is 14.7 Å². The summed E-state index contributed by atoms with van der Waals surface area (Å²) >= 11 is 0. The molecule has 2 rings (SSSR count). The van der Waals surface area contributed by atoms with Gasteiger partial charge in [0.1, 0.15) is 16.4 Å². The standard InChI is InChI=1S/C16H18N2O3/c1-4-14-17-15(20)12(16(21)18(14)5-2)9-11-6-7-13(19)10(3)8-11/h4,6-9,19H,5H2,1-3H3,(H,17,20)/b12-9+,14-4+. The van der Waals surface area contributed by atoms with Gasteiger partial charge in [0.05, 0.1) is 0 Å². The Bertz CT molecular complexity index is 905. The van der Waals surface area contributed by atoms with E-state index >= 15 is 0 Å². The topological polar surface area (TPSA) is 75.1 Å². The molecule has 0 amide bonds. The van der Waals surface area contributed by atoms with Crippen LogP contribution in [0.3, 0.4) is 0 Å². The van der Waals surface area contributed by atoms with Gasteiger partial charge in [-0.25, -0.2) is 0 Å². The molecule has 0 aliphatic rings. The lowest BCUT2D eigenvalue weighted by molar-refractivity contribution is 0.471. The maximum absolute atomic E-state index is 12.4. The number of H-pyrrole nitrogens is 1. The molecule has 0 spiro atoms. The molecule has 21 heavy (non-hydrogen) atoms. The lowest BCUT2D eigenvalue weighted by atomic mass is 10.1. The summed E-state index contributed by atoms with van der Waals surface area (Å²) in [5.74, 6) is 0.183. The molecule has 0 aliphatic carbocycles. The molecule has 1 aromatic heterocycles. The van der Waals surface area contributed by atoms with E-state index in [4.69, 9.17) is 0 Å². The Kier molecular flexibility index (Phi) is 4.12. The van der Waals surface area contributed by atoms with Crippen LogP contribution in [0.15, 0.2) is 27.8 Å². The van der Waals surface area contributed by atoms with Crippen LogP contribution in [0.1, 0.15) is 25.0 Å². The second-order valence-corrected chi connectivity index (χ2v) is 4.78. The zero-order chi connectivity index (χ0) is 15.6. The van der Waals surface area contributed by atoms with Crippen molar-refractivity contribution in [3.63, 3.8) is 0 Å². The first kappa shape index (κ1) is 14.8. The fraction of sp³-hybridized carbons (Fsp3) is 0.250. The monoisotopic (exact) mass is 286 g/mol. The van der Waals surface area contributed by atoms with Gasteiger partial charge in [-0.2, -0.15) is 0 Å². The van der Waals surface area contributed by atoms with Crippen molar-refractivity contribution in [3.8, 4) is 5.75 Å². The summed E-state index contributed by atoms with van der Waals surface area (Å²) in [6.45, 7) is 5.85. The van der Waals surface area contributed by atoms with Crippen LogP contribution in [0, 0.1) is 6.92 Å². The Morgan fingerprint density at radius 3 is 2.62 bits per heavy atom. The first-order valence-electron chi connectivity index (χ1n) is 6.78. The van der Waals surface area contributed by atoms with Crippen molar-refractivity contribution in [1.29, 1.82) is 0 Å². The molecule has 0 fully saturated rings. The van der Waals surface area contributed by atoms with Crippen molar-refractivity contribution < 1.29 is 5.11 Å². The van der Waals surface area contributed by atoms with Gasteiger partial charge in [0.15, 0.2) is 0 Å². The minimum Gasteiger partial charge on any atom is -0.508 e. The molecule has 0 radical (unpaired) electrons. The highest BCUT2D eigenvalue weighted by molar-refractivity contribution is 5.52. The number of phenols is 1. The van der Waals surface area contributed by atoms with Crippen molar-refractivity contribution in [3.05, 3.63) is 60.7 Å². The largest absolute Gasteiger partial charge is 0.508 e. The van der Waals surface area contributed by atoms with Crippen LogP contribution >= 0.6 is 0 Å². The predicted molar refractivity (Wildman–Crippen MR) is 82.8 cm³/mol. The highest BCUT2D eigenvalue weighted by Gasteiger charge is 2.03. The number of benzene rings is 1. The molecule has 1 heterocycles. The van der Waals surface area contributed by atoms with E-state index in [0.717, 1.165) is 0 Å². The second-order valence-electron chi connectivity index (χ2n) is 4.78. The maximum atomic E-state index is 12.4. The van der Waals surface area contributed by atoms with Gasteiger partial charge in [0.25, 0.3) is 11.1 Å². The van der Waals surface area contributed by atoms with Crippen LogP contribution in [-0.4, -0.2) is 14.7 Å². The Balaban J connectivity index is 2.81. The lowest BCUT2D eigenvalue weighted by Gasteiger charge is -2.03. The van der Waals surface area contributed by atoms with Crippen LogP contribution in [0.4, 0.5) is 0 Å². The fourth-order valence-corrected chi connectivity index (χ4v) is 2.21. The summed E-state index contributed by atoms with van der Waals surface area (Å²) in [4.78, 5) is 27.2. The Morgan fingerprint density at radius 2 is 2.05 bits per heavy atom. The lowest BCUT2D eigenvalue weighted by Crippen LogP contribution is -2.53. The van der Waals surface area contributed by atoms with Crippen LogP contribution in [-0.2, 0) is 6.54 Å². The number of phenolic OH excluding ortho intramolecular Hbond substituents is 1. The van der Waals surface area contributed by atoms with Crippen LogP contribution in [0.5, 0.6) is 5.75 Å². The molecule has 0 aliphatic heterocycles. The molecular weight excluding hydrogens is 268 g/mol. The predicted octanol–water partition coefficient (Wildman–Crippen LogP) is 0.200. The van der Waals surface area contributed by atoms with Gasteiger partial charge in [-0.1, -0.05) is 6.07 Å². The van der Waals surface area contributed by atoms with E-state index in [1.165, 1.54) is 4.57 Å². The first-order valence-corrected chi connectivity index (χ1v) is 6.78. The molecule has 5 nitrogen and oxygen atoms in total. The normalized spacial score (nSPS) is 12.9. The van der Waals surface area contributed by atoms with E-state index in [0.29, 0.717) is 23.2 Å². The van der Waals surface area contributed by atoms with Gasteiger partial charge >= 0.3 is 0 Å². The Hall–Kier alpha value is -2.56. The molecule has 110 valence electrons. The van der Waals surface area contributed by atoms with Crippen molar-refractivity contribution >= 4 is 12.2 Å². The van der Waals surface area contributed by atoms with Crippen molar-refractivity contribution in [1.82, 2.24) is 9.55 Å². The summed E-state index contributed by atoms with van der Waals surface area (Å²) in [6.07, 6.45) is 3.24. The summed E-state index contributed by atoms with van der Waals surface area (Å²) in [5.41, 5.74) is 1.16. The minimum atomic E-state index is -0.413. The number of hydrogen-bond acceptors (Lipinski definition) is 3. The Labute approximate surface area is 121 Å². The molecule has 0 bridgehead atoms. The van der Waals surface area contributed by atoms with Gasteiger partial charge in [-0.3, -0.25) is 14.2 Å². The smallest absolute Gasteiger partial charge is 0.264 e. The summed E-state index contributed by atoms with van der Waals surface area (Å²) < 4.78 is 1.51. The first-order chi connectivity index (χ1) is 9.97. The van der Waals surface area contributed by atoms with Crippen molar-refractivity contribution in [2.75, 3.05) is 0 Å². The maximum Gasteiger partial charge on any atom is 0.264 e. The number of aromatic hydroxyl groups is 1. The third kappa shape index (κ3) is 2.81. The number of nitrogens with zero attached hydrogens (tertiary/aromatic N) is 1. The molecule has 0 saturated heterocycles. The number of rotatable bonds is 2. The average molecular weight is 286 g/mol. The quantitative estimate of drug-likeness (QED) is 0.828. The van der Waals surface area contributed by atoms with Crippen molar-refractivity contribution in [2.45, 2.75) is 27.3 Å². The Morgan fingerprint density at radius 1 is 1.33 bits per heavy atom. The van der Waals surface area contributed by atoms with Gasteiger partial charge in [-0.05, 0) is 56.2 Å². The molecule has 0 unspecified atom stereocenters. The third-order valence-corrected chi connectivity index (χ3v) is 3.37. The number of hydrogen-bond donors (Lipinski definition) is 2. The van der Waals surface area contributed by atoms with Gasteiger partial charge in [0.2, 0.25) is 0 Å². The average Bonchev–Trinajstić information content (AvgIpc) is 2.46. The van der Waals surface area contributed by atoms with Crippen molar-refractivity contribution in [2.24, 2.45) is 0 Å².